The highest BCUT2D eigenvalue weighted by Gasteiger charge is 2.29. The lowest BCUT2D eigenvalue weighted by molar-refractivity contribution is -0.119. The highest BCUT2D eigenvalue weighted by molar-refractivity contribution is 7.15. The van der Waals surface area contributed by atoms with Crippen LogP contribution in [0.15, 0.2) is 0 Å². The lowest BCUT2D eigenvalue weighted by Crippen LogP contribution is -2.49. The number of fused-ring (bicyclic) bond motifs is 1. The van der Waals surface area contributed by atoms with E-state index in [2.05, 4.69) is 15.2 Å². The first-order chi connectivity index (χ1) is 11.2. The van der Waals surface area contributed by atoms with Gasteiger partial charge in [0.1, 0.15) is 0 Å². The molecule has 2 unspecified atom stereocenters. The molecule has 0 bridgehead atoms. The molecule has 0 radical (unpaired) electrons. The van der Waals surface area contributed by atoms with Crippen molar-refractivity contribution < 1.29 is 9.90 Å². The van der Waals surface area contributed by atoms with Gasteiger partial charge in [-0.15, -0.1) is 11.3 Å². The molecule has 128 valence electrons. The number of nitrogens with one attached hydrogen (secondary N) is 1. The summed E-state index contributed by atoms with van der Waals surface area (Å²) < 4.78 is 0. The number of rotatable bonds is 5. The summed E-state index contributed by atoms with van der Waals surface area (Å²) in [6, 6.07) is 0.115. The van der Waals surface area contributed by atoms with Crippen LogP contribution in [0.4, 0.5) is 5.13 Å². The fourth-order valence-corrected chi connectivity index (χ4v) is 4.74. The van der Waals surface area contributed by atoms with Crippen molar-refractivity contribution in [3.05, 3.63) is 10.6 Å². The van der Waals surface area contributed by atoms with Crippen molar-refractivity contribution in [1.82, 2.24) is 9.88 Å². The SMILES string of the molecule is CCC(O)C1CCCCN1CC(=O)Nc1nc2c(s1)CCCC2. The Labute approximate surface area is 142 Å². The van der Waals surface area contributed by atoms with Crippen molar-refractivity contribution in [2.24, 2.45) is 0 Å². The van der Waals surface area contributed by atoms with Gasteiger partial charge in [0.25, 0.3) is 0 Å². The Morgan fingerprint density at radius 1 is 1.39 bits per heavy atom. The smallest absolute Gasteiger partial charge is 0.240 e. The van der Waals surface area contributed by atoms with Crippen LogP contribution in [0.2, 0.25) is 0 Å². The van der Waals surface area contributed by atoms with E-state index in [0.29, 0.717) is 6.54 Å². The van der Waals surface area contributed by atoms with E-state index in [1.165, 1.54) is 23.4 Å². The second-order valence-electron chi connectivity index (χ2n) is 6.65. The monoisotopic (exact) mass is 337 g/mol. The van der Waals surface area contributed by atoms with Crippen LogP contribution in [0.1, 0.15) is 56.0 Å². The number of likely N-dealkylation sites (tertiary alicyclic amines) is 1. The maximum atomic E-state index is 12.4. The van der Waals surface area contributed by atoms with E-state index in [-0.39, 0.29) is 18.1 Å². The minimum atomic E-state index is -0.338. The lowest BCUT2D eigenvalue weighted by Gasteiger charge is -2.37. The molecule has 2 heterocycles. The van der Waals surface area contributed by atoms with Crippen molar-refractivity contribution in [3.63, 3.8) is 0 Å². The molecule has 6 heteroatoms. The number of hydrogen-bond donors (Lipinski definition) is 2. The second kappa shape index (κ2) is 7.73. The summed E-state index contributed by atoms with van der Waals surface area (Å²) >= 11 is 1.63. The number of carbonyl (C=O) groups excluding carboxylic acids is 1. The molecular formula is C17H27N3O2S. The largest absolute Gasteiger partial charge is 0.392 e. The Morgan fingerprint density at radius 2 is 2.22 bits per heavy atom. The number of hydrogen-bond acceptors (Lipinski definition) is 5. The van der Waals surface area contributed by atoms with Crippen molar-refractivity contribution in [2.45, 2.75) is 70.4 Å². The summed E-state index contributed by atoms with van der Waals surface area (Å²) in [4.78, 5) is 20.4. The molecule has 2 aliphatic rings. The number of amides is 1. The highest BCUT2D eigenvalue weighted by atomic mass is 32.1. The third-order valence-corrected chi connectivity index (χ3v) is 6.04. The third-order valence-electron chi connectivity index (χ3n) is 4.97. The molecule has 1 aliphatic carbocycles. The molecule has 1 aromatic rings. The molecule has 2 N–H and O–H groups in total. The fourth-order valence-electron chi connectivity index (χ4n) is 3.67. The summed E-state index contributed by atoms with van der Waals surface area (Å²) in [5, 5.41) is 13.9. The first kappa shape index (κ1) is 16.9. The zero-order valence-electron chi connectivity index (χ0n) is 13.9. The van der Waals surface area contributed by atoms with Gasteiger partial charge in [0.15, 0.2) is 5.13 Å². The van der Waals surface area contributed by atoms with E-state index in [1.807, 2.05) is 6.92 Å². The average Bonchev–Trinajstić information content (AvgIpc) is 2.96. The van der Waals surface area contributed by atoms with Crippen LogP contribution in [-0.4, -0.2) is 46.1 Å². The molecule has 0 spiro atoms. The van der Waals surface area contributed by atoms with E-state index in [9.17, 15) is 9.90 Å². The van der Waals surface area contributed by atoms with Crippen LogP contribution in [0.3, 0.4) is 0 Å². The summed E-state index contributed by atoms with van der Waals surface area (Å²) in [7, 11) is 0. The van der Waals surface area contributed by atoms with Gasteiger partial charge in [-0.25, -0.2) is 4.98 Å². The molecule has 2 atom stereocenters. The number of aryl methyl sites for hydroxylation is 2. The Balaban J connectivity index is 1.58. The van der Waals surface area contributed by atoms with E-state index in [4.69, 9.17) is 0 Å². The minimum Gasteiger partial charge on any atom is -0.392 e. The number of aliphatic hydroxyl groups is 1. The van der Waals surface area contributed by atoms with Crippen LogP contribution < -0.4 is 5.32 Å². The van der Waals surface area contributed by atoms with Crippen LogP contribution in [0, 0.1) is 0 Å². The van der Waals surface area contributed by atoms with Gasteiger partial charge in [-0.05, 0) is 51.5 Å². The summed E-state index contributed by atoms with van der Waals surface area (Å²) in [5.74, 6) is -0.00806. The number of anilines is 1. The quantitative estimate of drug-likeness (QED) is 0.867. The number of thiazole rings is 1. The molecular weight excluding hydrogens is 310 g/mol. The predicted molar refractivity (Wildman–Crippen MR) is 92.9 cm³/mol. The van der Waals surface area contributed by atoms with Crippen LogP contribution in [-0.2, 0) is 17.6 Å². The number of carbonyl (C=O) groups is 1. The number of nitrogens with zero attached hydrogens (tertiary/aromatic N) is 2. The van der Waals surface area contributed by atoms with Gasteiger partial charge in [-0.2, -0.15) is 0 Å². The Kier molecular flexibility index (Phi) is 5.67. The van der Waals surface area contributed by atoms with Crippen molar-refractivity contribution in [3.8, 4) is 0 Å². The van der Waals surface area contributed by atoms with E-state index >= 15 is 0 Å². The Bertz CT molecular complexity index is 522. The van der Waals surface area contributed by atoms with Gasteiger partial charge >= 0.3 is 0 Å². The summed E-state index contributed by atoms with van der Waals surface area (Å²) in [6.45, 7) is 3.24. The summed E-state index contributed by atoms with van der Waals surface area (Å²) in [6.07, 6.45) is 8.19. The molecule has 0 saturated carbocycles. The molecule has 23 heavy (non-hydrogen) atoms. The topological polar surface area (TPSA) is 65.5 Å². The molecule has 5 nitrogen and oxygen atoms in total. The third kappa shape index (κ3) is 4.11. The summed E-state index contributed by atoms with van der Waals surface area (Å²) in [5.41, 5.74) is 1.17. The molecule has 1 saturated heterocycles. The molecule has 1 aromatic heterocycles. The van der Waals surface area contributed by atoms with Crippen LogP contribution in [0.25, 0.3) is 0 Å². The molecule has 1 amide bonds. The van der Waals surface area contributed by atoms with Crippen LogP contribution >= 0.6 is 11.3 Å². The molecule has 1 fully saturated rings. The highest BCUT2D eigenvalue weighted by Crippen LogP contribution is 2.29. The minimum absolute atomic E-state index is 0.00806. The number of aromatic nitrogens is 1. The van der Waals surface area contributed by atoms with Gasteiger partial charge in [0.2, 0.25) is 5.91 Å². The fraction of sp³-hybridized carbons (Fsp3) is 0.765. The first-order valence-electron chi connectivity index (χ1n) is 8.88. The van der Waals surface area contributed by atoms with Gasteiger partial charge in [-0.1, -0.05) is 13.3 Å². The van der Waals surface area contributed by atoms with Crippen molar-refractivity contribution in [1.29, 1.82) is 0 Å². The average molecular weight is 337 g/mol. The maximum absolute atomic E-state index is 12.4. The van der Waals surface area contributed by atoms with Gasteiger partial charge in [0.05, 0.1) is 18.3 Å². The Morgan fingerprint density at radius 3 is 3.00 bits per heavy atom. The Hall–Kier alpha value is -0.980. The van der Waals surface area contributed by atoms with Crippen LogP contribution in [0.5, 0.6) is 0 Å². The van der Waals surface area contributed by atoms with E-state index in [0.717, 1.165) is 50.2 Å². The molecule has 3 rings (SSSR count). The van der Waals surface area contributed by atoms with E-state index in [1.54, 1.807) is 11.3 Å². The number of piperidine rings is 1. The first-order valence-corrected chi connectivity index (χ1v) is 9.69. The van der Waals surface area contributed by atoms with Gasteiger partial charge < -0.3 is 10.4 Å². The zero-order valence-corrected chi connectivity index (χ0v) is 14.7. The van der Waals surface area contributed by atoms with E-state index < -0.39 is 0 Å². The maximum Gasteiger partial charge on any atom is 0.240 e. The molecule has 1 aliphatic heterocycles. The van der Waals surface area contributed by atoms with Crippen molar-refractivity contribution in [2.75, 3.05) is 18.4 Å². The normalized spacial score (nSPS) is 23.3. The predicted octanol–water partition coefficient (Wildman–Crippen LogP) is 2.59. The molecule has 0 aromatic carbocycles. The number of aliphatic hydroxyl groups excluding tert-OH is 1. The van der Waals surface area contributed by atoms with Gasteiger partial charge in [-0.3, -0.25) is 9.69 Å². The zero-order chi connectivity index (χ0) is 16.2. The standard InChI is InChI=1S/C17H27N3O2S/c1-2-14(21)13-8-5-6-10-20(13)11-16(22)19-17-18-12-7-3-4-9-15(12)23-17/h13-14,21H,2-11H2,1H3,(H,18,19,22). The van der Waals surface area contributed by atoms with Gasteiger partial charge in [0, 0.05) is 10.9 Å². The van der Waals surface area contributed by atoms with Crippen molar-refractivity contribution >= 4 is 22.4 Å². The second-order valence-corrected chi connectivity index (χ2v) is 7.74. The lowest BCUT2D eigenvalue weighted by atomic mass is 9.96.